The number of hydrogen-bond acceptors (Lipinski definition) is 4. The molecule has 2 N–H and O–H groups in total. The first-order valence-electron chi connectivity index (χ1n) is 4.43. The molecular formula is C9H15NO3S. The Labute approximate surface area is 84.0 Å². The van der Waals surface area contributed by atoms with Crippen LogP contribution in [0.25, 0.3) is 0 Å². The third-order valence-corrected chi connectivity index (χ3v) is 2.88. The lowest BCUT2D eigenvalue weighted by molar-refractivity contribution is 0.479. The Morgan fingerprint density at radius 1 is 1.57 bits per heavy atom. The van der Waals surface area contributed by atoms with Crippen LogP contribution in [0.4, 0.5) is 0 Å². The van der Waals surface area contributed by atoms with Gasteiger partial charge in [0.25, 0.3) is 0 Å². The van der Waals surface area contributed by atoms with Crippen LogP contribution in [0.15, 0.2) is 22.8 Å². The van der Waals surface area contributed by atoms with E-state index in [1.54, 1.807) is 12.3 Å². The molecule has 0 aliphatic heterocycles. The van der Waals surface area contributed by atoms with E-state index < -0.39 is 9.84 Å². The van der Waals surface area contributed by atoms with Gasteiger partial charge in [-0.05, 0) is 18.6 Å². The summed E-state index contributed by atoms with van der Waals surface area (Å²) in [6.07, 6.45) is 3.85. The zero-order valence-corrected chi connectivity index (χ0v) is 8.96. The molecule has 1 rings (SSSR count). The first-order chi connectivity index (χ1) is 6.47. The summed E-state index contributed by atoms with van der Waals surface area (Å²) in [4.78, 5) is 0. The summed E-state index contributed by atoms with van der Waals surface area (Å²) < 4.78 is 26.8. The number of nitrogens with two attached hydrogens (primary N) is 1. The fourth-order valence-corrected chi connectivity index (χ4v) is 1.89. The van der Waals surface area contributed by atoms with Crippen molar-refractivity contribution in [1.29, 1.82) is 0 Å². The minimum absolute atomic E-state index is 0.134. The Balaban J connectivity index is 2.33. The van der Waals surface area contributed by atoms with Gasteiger partial charge in [0, 0.05) is 18.7 Å². The predicted octanol–water partition coefficient (Wildman–Crippen LogP) is 0.584. The average molecular weight is 217 g/mol. The third kappa shape index (κ3) is 4.43. The Morgan fingerprint density at radius 3 is 2.79 bits per heavy atom. The third-order valence-electron chi connectivity index (χ3n) is 1.90. The second kappa shape index (κ2) is 4.61. The van der Waals surface area contributed by atoms with Gasteiger partial charge in [0.2, 0.25) is 0 Å². The molecule has 0 saturated carbocycles. The van der Waals surface area contributed by atoms with Crippen molar-refractivity contribution in [3.05, 3.63) is 24.2 Å². The molecular weight excluding hydrogens is 202 g/mol. The first kappa shape index (κ1) is 11.3. The molecule has 14 heavy (non-hydrogen) atoms. The highest BCUT2D eigenvalue weighted by Crippen LogP contribution is 2.05. The summed E-state index contributed by atoms with van der Waals surface area (Å²) in [6, 6.07) is 3.47. The van der Waals surface area contributed by atoms with E-state index in [9.17, 15) is 8.42 Å². The van der Waals surface area contributed by atoms with E-state index in [0.29, 0.717) is 12.8 Å². The molecule has 0 amide bonds. The van der Waals surface area contributed by atoms with Gasteiger partial charge in [-0.15, -0.1) is 0 Å². The van der Waals surface area contributed by atoms with Crippen molar-refractivity contribution in [2.24, 2.45) is 5.73 Å². The van der Waals surface area contributed by atoms with Crippen LogP contribution < -0.4 is 5.73 Å². The Morgan fingerprint density at radius 2 is 2.29 bits per heavy atom. The van der Waals surface area contributed by atoms with Crippen LogP contribution in [-0.2, 0) is 16.3 Å². The van der Waals surface area contributed by atoms with Gasteiger partial charge in [0.1, 0.15) is 15.6 Å². The minimum Gasteiger partial charge on any atom is -0.469 e. The standard InChI is InChI=1S/C9H15NO3S/c1-14(11,12)6-4-8(10)7-9-3-2-5-13-9/h2-3,5,8H,4,6-7,10H2,1H3. The molecule has 1 aromatic heterocycles. The molecule has 1 atom stereocenters. The fraction of sp³-hybridized carbons (Fsp3) is 0.556. The highest BCUT2D eigenvalue weighted by atomic mass is 32.2. The topological polar surface area (TPSA) is 73.3 Å². The molecule has 5 heteroatoms. The van der Waals surface area contributed by atoms with Crippen LogP contribution in [-0.4, -0.2) is 26.5 Å². The summed E-state index contributed by atoms with van der Waals surface area (Å²) in [5.41, 5.74) is 5.75. The van der Waals surface area contributed by atoms with Gasteiger partial charge < -0.3 is 10.2 Å². The monoisotopic (exact) mass is 217 g/mol. The first-order valence-corrected chi connectivity index (χ1v) is 6.49. The molecule has 0 fully saturated rings. The van der Waals surface area contributed by atoms with Gasteiger partial charge in [0.05, 0.1) is 12.0 Å². The molecule has 0 radical (unpaired) electrons. The van der Waals surface area contributed by atoms with Crippen LogP contribution in [0.2, 0.25) is 0 Å². The number of furan rings is 1. The maximum Gasteiger partial charge on any atom is 0.147 e. The van der Waals surface area contributed by atoms with Crippen LogP contribution in [0.5, 0.6) is 0 Å². The van der Waals surface area contributed by atoms with Gasteiger partial charge in [-0.3, -0.25) is 0 Å². The van der Waals surface area contributed by atoms with Crippen LogP contribution in [0.1, 0.15) is 12.2 Å². The summed E-state index contributed by atoms with van der Waals surface area (Å²) in [5, 5.41) is 0. The Kier molecular flexibility index (Phi) is 3.71. The highest BCUT2D eigenvalue weighted by Gasteiger charge is 2.09. The Hall–Kier alpha value is -0.810. The highest BCUT2D eigenvalue weighted by molar-refractivity contribution is 7.90. The van der Waals surface area contributed by atoms with Crippen molar-refractivity contribution in [3.8, 4) is 0 Å². The molecule has 0 spiro atoms. The molecule has 1 aromatic rings. The molecule has 0 aliphatic rings. The van der Waals surface area contributed by atoms with E-state index in [2.05, 4.69) is 0 Å². The summed E-state index contributed by atoms with van der Waals surface area (Å²) >= 11 is 0. The van der Waals surface area contributed by atoms with E-state index in [0.717, 1.165) is 5.76 Å². The van der Waals surface area contributed by atoms with E-state index in [-0.39, 0.29) is 11.8 Å². The number of sulfone groups is 1. The molecule has 80 valence electrons. The summed E-state index contributed by atoms with van der Waals surface area (Å²) in [5.74, 6) is 0.931. The zero-order valence-electron chi connectivity index (χ0n) is 8.14. The number of hydrogen-bond donors (Lipinski definition) is 1. The van der Waals surface area contributed by atoms with Crippen molar-refractivity contribution in [2.75, 3.05) is 12.0 Å². The summed E-state index contributed by atoms with van der Waals surface area (Å²) in [6.45, 7) is 0. The van der Waals surface area contributed by atoms with Crippen molar-refractivity contribution in [3.63, 3.8) is 0 Å². The smallest absolute Gasteiger partial charge is 0.147 e. The molecule has 0 saturated heterocycles. The van der Waals surface area contributed by atoms with Crippen LogP contribution in [0, 0.1) is 0 Å². The predicted molar refractivity (Wildman–Crippen MR) is 54.7 cm³/mol. The van der Waals surface area contributed by atoms with Gasteiger partial charge in [-0.1, -0.05) is 0 Å². The largest absolute Gasteiger partial charge is 0.469 e. The SMILES string of the molecule is CS(=O)(=O)CCC(N)Cc1ccco1. The maximum absolute atomic E-state index is 10.9. The van der Waals surface area contributed by atoms with E-state index >= 15 is 0 Å². The van der Waals surface area contributed by atoms with Crippen molar-refractivity contribution < 1.29 is 12.8 Å². The van der Waals surface area contributed by atoms with Gasteiger partial charge in [0.15, 0.2) is 0 Å². The van der Waals surface area contributed by atoms with Crippen molar-refractivity contribution in [2.45, 2.75) is 18.9 Å². The minimum atomic E-state index is -2.91. The molecule has 0 aromatic carbocycles. The molecule has 1 heterocycles. The number of rotatable bonds is 5. The lowest BCUT2D eigenvalue weighted by Gasteiger charge is -2.08. The quantitative estimate of drug-likeness (QED) is 0.783. The van der Waals surface area contributed by atoms with Gasteiger partial charge in [-0.2, -0.15) is 0 Å². The second-order valence-electron chi connectivity index (χ2n) is 3.46. The zero-order chi connectivity index (χ0) is 10.6. The van der Waals surface area contributed by atoms with E-state index in [4.69, 9.17) is 10.2 Å². The van der Waals surface area contributed by atoms with Crippen molar-refractivity contribution in [1.82, 2.24) is 0 Å². The van der Waals surface area contributed by atoms with Crippen molar-refractivity contribution >= 4 is 9.84 Å². The van der Waals surface area contributed by atoms with Gasteiger partial charge >= 0.3 is 0 Å². The van der Waals surface area contributed by atoms with Gasteiger partial charge in [-0.25, -0.2) is 8.42 Å². The van der Waals surface area contributed by atoms with Crippen LogP contribution in [0.3, 0.4) is 0 Å². The Bertz CT molecular complexity index is 355. The van der Waals surface area contributed by atoms with E-state index in [1.807, 2.05) is 6.07 Å². The van der Waals surface area contributed by atoms with E-state index in [1.165, 1.54) is 6.26 Å². The lowest BCUT2D eigenvalue weighted by atomic mass is 10.1. The molecule has 0 aliphatic carbocycles. The molecule has 0 bridgehead atoms. The molecule has 1 unspecified atom stereocenters. The van der Waals surface area contributed by atoms with Crippen LogP contribution >= 0.6 is 0 Å². The fourth-order valence-electron chi connectivity index (χ4n) is 1.15. The molecule has 4 nitrogen and oxygen atoms in total. The normalized spacial score (nSPS) is 14.1. The summed E-state index contributed by atoms with van der Waals surface area (Å²) in [7, 11) is -2.91. The second-order valence-corrected chi connectivity index (χ2v) is 5.72. The maximum atomic E-state index is 10.9. The lowest BCUT2D eigenvalue weighted by Crippen LogP contribution is -2.25. The average Bonchev–Trinajstić information content (AvgIpc) is 2.52.